The van der Waals surface area contributed by atoms with E-state index in [1.807, 2.05) is 18.3 Å². The van der Waals surface area contributed by atoms with E-state index in [2.05, 4.69) is 22.6 Å². The third kappa shape index (κ3) is 2.48. The molecule has 24 heavy (non-hydrogen) atoms. The Kier molecular flexibility index (Phi) is 3.78. The van der Waals surface area contributed by atoms with Gasteiger partial charge in [-0.2, -0.15) is 15.0 Å². The number of quaternary nitrogens is 1. The first kappa shape index (κ1) is 15.6. The zero-order valence-electron chi connectivity index (χ0n) is 14.0. The van der Waals surface area contributed by atoms with Crippen LogP contribution in [0.1, 0.15) is 46.1 Å². The molecule has 0 radical (unpaired) electrons. The molecular formula is C18H21N4OS+. The van der Waals surface area contributed by atoms with Crippen molar-refractivity contribution in [1.82, 2.24) is 9.78 Å². The van der Waals surface area contributed by atoms with Crippen molar-refractivity contribution in [3.05, 3.63) is 49.1 Å². The lowest BCUT2D eigenvalue weighted by Crippen LogP contribution is -3.13. The lowest BCUT2D eigenvalue weighted by Gasteiger charge is -2.33. The maximum Gasteiger partial charge on any atom is 0.289 e. The molecule has 0 aromatic carbocycles. The Bertz CT molecular complexity index is 887. The van der Waals surface area contributed by atoms with Crippen molar-refractivity contribution in [2.75, 3.05) is 6.54 Å². The summed E-state index contributed by atoms with van der Waals surface area (Å²) in [6.07, 6.45) is 3.63. The van der Waals surface area contributed by atoms with E-state index in [4.69, 9.17) is 0 Å². The molecule has 3 heterocycles. The fourth-order valence-electron chi connectivity index (χ4n) is 3.88. The van der Waals surface area contributed by atoms with Crippen molar-refractivity contribution in [3.63, 3.8) is 0 Å². The number of nitrogens with zero attached hydrogens (tertiary/aromatic N) is 3. The zero-order valence-corrected chi connectivity index (χ0v) is 14.8. The van der Waals surface area contributed by atoms with E-state index < -0.39 is 0 Å². The third-order valence-electron chi connectivity index (χ3n) is 5.42. The van der Waals surface area contributed by atoms with Crippen LogP contribution in [0.4, 0.5) is 0 Å². The van der Waals surface area contributed by atoms with Gasteiger partial charge in [-0.1, -0.05) is 0 Å². The summed E-state index contributed by atoms with van der Waals surface area (Å²) in [6.45, 7) is 5.24. The van der Waals surface area contributed by atoms with Crippen LogP contribution in [0.15, 0.2) is 16.2 Å². The number of fused-ring (bicyclic) bond motifs is 1. The molecule has 2 aliphatic rings. The highest BCUT2D eigenvalue weighted by Gasteiger charge is 2.43. The Hall–Kier alpha value is -1.97. The average molecular weight is 341 g/mol. The van der Waals surface area contributed by atoms with Gasteiger partial charge in [0.25, 0.3) is 5.56 Å². The number of thiophene rings is 1. The SMILES string of the molecule is Cc1nn(C[NH+]2CCc3sccc3[C@@H]2C2CC2)c(=O)c(C#N)c1C. The van der Waals surface area contributed by atoms with Crippen LogP contribution in [0.3, 0.4) is 0 Å². The first-order valence-corrected chi connectivity index (χ1v) is 9.37. The topological polar surface area (TPSA) is 63.1 Å². The van der Waals surface area contributed by atoms with E-state index in [-0.39, 0.29) is 11.1 Å². The molecule has 2 aromatic rings. The van der Waals surface area contributed by atoms with Gasteiger partial charge in [0.1, 0.15) is 17.7 Å². The molecular weight excluding hydrogens is 320 g/mol. The van der Waals surface area contributed by atoms with Crippen LogP contribution in [-0.2, 0) is 13.1 Å². The Balaban J connectivity index is 1.70. The van der Waals surface area contributed by atoms with Crippen LogP contribution in [-0.4, -0.2) is 16.3 Å². The van der Waals surface area contributed by atoms with Crippen LogP contribution in [0.25, 0.3) is 0 Å². The van der Waals surface area contributed by atoms with E-state index in [9.17, 15) is 10.1 Å². The van der Waals surface area contributed by atoms with Gasteiger partial charge in [0, 0.05) is 22.8 Å². The lowest BCUT2D eigenvalue weighted by molar-refractivity contribution is -0.958. The Morgan fingerprint density at radius 3 is 2.96 bits per heavy atom. The average Bonchev–Trinajstić information content (AvgIpc) is 3.29. The van der Waals surface area contributed by atoms with Crippen LogP contribution in [0, 0.1) is 31.1 Å². The molecule has 2 aromatic heterocycles. The normalized spacial score (nSPS) is 22.9. The Labute approximate surface area is 145 Å². The van der Waals surface area contributed by atoms with Crippen molar-refractivity contribution in [2.24, 2.45) is 5.92 Å². The summed E-state index contributed by atoms with van der Waals surface area (Å²) in [6, 6.07) is 4.80. The maximum atomic E-state index is 12.6. The molecule has 0 bridgehead atoms. The molecule has 2 atom stereocenters. The Morgan fingerprint density at radius 1 is 1.46 bits per heavy atom. The van der Waals surface area contributed by atoms with Crippen molar-refractivity contribution in [3.8, 4) is 6.07 Å². The van der Waals surface area contributed by atoms with Crippen LogP contribution in [0.5, 0.6) is 0 Å². The van der Waals surface area contributed by atoms with Gasteiger partial charge < -0.3 is 4.90 Å². The predicted octanol–water partition coefficient (Wildman–Crippen LogP) is 1.34. The van der Waals surface area contributed by atoms with Crippen LogP contribution < -0.4 is 10.5 Å². The quantitative estimate of drug-likeness (QED) is 0.916. The molecule has 1 saturated carbocycles. The highest BCUT2D eigenvalue weighted by Crippen LogP contribution is 2.42. The highest BCUT2D eigenvalue weighted by molar-refractivity contribution is 7.10. The summed E-state index contributed by atoms with van der Waals surface area (Å²) in [4.78, 5) is 15.5. The molecule has 1 N–H and O–H groups in total. The predicted molar refractivity (Wildman–Crippen MR) is 92.0 cm³/mol. The van der Waals surface area contributed by atoms with Gasteiger partial charge in [0.2, 0.25) is 0 Å². The summed E-state index contributed by atoms with van der Waals surface area (Å²) in [7, 11) is 0. The minimum absolute atomic E-state index is 0.234. The number of aryl methyl sites for hydroxylation is 1. The van der Waals surface area contributed by atoms with Gasteiger partial charge in [0.05, 0.1) is 12.2 Å². The fourth-order valence-corrected chi connectivity index (χ4v) is 4.81. The van der Waals surface area contributed by atoms with E-state index in [1.165, 1.54) is 32.9 Å². The van der Waals surface area contributed by atoms with Crippen molar-refractivity contribution >= 4 is 11.3 Å². The number of nitriles is 1. The fraction of sp³-hybridized carbons (Fsp3) is 0.500. The Morgan fingerprint density at radius 2 is 2.25 bits per heavy atom. The highest BCUT2D eigenvalue weighted by atomic mass is 32.1. The third-order valence-corrected chi connectivity index (χ3v) is 6.42. The van der Waals surface area contributed by atoms with Gasteiger partial charge in [-0.3, -0.25) is 4.79 Å². The maximum absolute atomic E-state index is 12.6. The number of rotatable bonds is 3. The lowest BCUT2D eigenvalue weighted by atomic mass is 9.96. The van der Waals surface area contributed by atoms with E-state index in [0.29, 0.717) is 18.3 Å². The summed E-state index contributed by atoms with van der Waals surface area (Å²) in [5.74, 6) is 0.728. The van der Waals surface area contributed by atoms with Gasteiger partial charge in [-0.15, -0.1) is 11.3 Å². The standard InChI is InChI=1S/C18H20N4OS/c1-11-12(2)20-22(18(23)15(11)9-19)10-21-7-5-16-14(6-8-24-16)17(21)13-3-4-13/h6,8,13,17H,3-5,7,10H2,1-2H3/p+1/t17-/m0/s1. The summed E-state index contributed by atoms with van der Waals surface area (Å²) in [5.41, 5.74) is 2.92. The van der Waals surface area contributed by atoms with E-state index >= 15 is 0 Å². The number of aromatic nitrogens is 2. The number of hydrogen-bond acceptors (Lipinski definition) is 4. The summed E-state index contributed by atoms with van der Waals surface area (Å²) >= 11 is 1.86. The molecule has 4 rings (SSSR count). The molecule has 5 nitrogen and oxygen atoms in total. The second kappa shape index (κ2) is 5.83. The minimum Gasteiger partial charge on any atom is -0.310 e. The van der Waals surface area contributed by atoms with Crippen molar-refractivity contribution in [1.29, 1.82) is 5.26 Å². The van der Waals surface area contributed by atoms with Gasteiger partial charge >= 0.3 is 0 Å². The summed E-state index contributed by atoms with van der Waals surface area (Å²) < 4.78 is 1.52. The molecule has 0 spiro atoms. The molecule has 6 heteroatoms. The van der Waals surface area contributed by atoms with Gasteiger partial charge in [0.15, 0.2) is 6.67 Å². The smallest absolute Gasteiger partial charge is 0.289 e. The van der Waals surface area contributed by atoms with Crippen LogP contribution in [0.2, 0.25) is 0 Å². The first-order chi connectivity index (χ1) is 11.6. The van der Waals surface area contributed by atoms with Gasteiger partial charge in [-0.25, -0.2) is 0 Å². The van der Waals surface area contributed by atoms with E-state index in [1.54, 1.807) is 6.92 Å². The molecule has 0 amide bonds. The second-order valence-corrected chi connectivity index (χ2v) is 7.93. The molecule has 124 valence electrons. The molecule has 1 aliphatic heterocycles. The first-order valence-electron chi connectivity index (χ1n) is 8.49. The van der Waals surface area contributed by atoms with E-state index in [0.717, 1.165) is 24.6 Å². The summed E-state index contributed by atoms with van der Waals surface area (Å²) in [5, 5.41) is 16.0. The minimum atomic E-state index is -0.251. The number of nitrogens with one attached hydrogen (secondary N) is 1. The van der Waals surface area contributed by atoms with Crippen LogP contribution >= 0.6 is 11.3 Å². The second-order valence-electron chi connectivity index (χ2n) is 6.93. The number of hydrogen-bond donors (Lipinski definition) is 1. The van der Waals surface area contributed by atoms with Crippen molar-refractivity contribution < 1.29 is 4.90 Å². The molecule has 1 fully saturated rings. The monoisotopic (exact) mass is 341 g/mol. The van der Waals surface area contributed by atoms with Crippen molar-refractivity contribution in [2.45, 2.75) is 45.8 Å². The zero-order chi connectivity index (χ0) is 16.8. The van der Waals surface area contributed by atoms with Gasteiger partial charge in [-0.05, 0) is 43.7 Å². The molecule has 0 saturated heterocycles. The molecule has 1 aliphatic carbocycles. The molecule has 1 unspecified atom stereocenters. The largest absolute Gasteiger partial charge is 0.310 e.